The molecular formula is C22H26N4O. The molecule has 140 valence electrons. The predicted octanol–water partition coefficient (Wildman–Crippen LogP) is 5.34. The molecule has 1 aromatic heterocycles. The van der Waals surface area contributed by atoms with E-state index in [1.54, 1.807) is 0 Å². The fourth-order valence-electron chi connectivity index (χ4n) is 3.16. The number of benzene rings is 2. The molecule has 0 aliphatic carbocycles. The average molecular weight is 362 g/mol. The molecule has 3 rings (SSSR count). The SMILES string of the molecule is CCN(CC)c1cc(C)c2cc(NC(=O)Nc3ccccc3C)ccc2n1. The van der Waals surface area contributed by atoms with Crippen LogP contribution in [0.25, 0.3) is 10.9 Å². The number of urea groups is 1. The summed E-state index contributed by atoms with van der Waals surface area (Å²) < 4.78 is 0. The third kappa shape index (κ3) is 4.19. The first-order valence-electron chi connectivity index (χ1n) is 9.31. The topological polar surface area (TPSA) is 57.3 Å². The van der Waals surface area contributed by atoms with Crippen molar-refractivity contribution in [3.8, 4) is 0 Å². The van der Waals surface area contributed by atoms with Gasteiger partial charge in [0.05, 0.1) is 5.52 Å². The van der Waals surface area contributed by atoms with E-state index in [1.165, 1.54) is 0 Å². The lowest BCUT2D eigenvalue weighted by atomic mass is 10.1. The largest absolute Gasteiger partial charge is 0.357 e. The first-order valence-corrected chi connectivity index (χ1v) is 9.31. The van der Waals surface area contributed by atoms with Gasteiger partial charge in [-0.2, -0.15) is 0 Å². The van der Waals surface area contributed by atoms with Gasteiger partial charge in [-0.3, -0.25) is 0 Å². The predicted molar refractivity (Wildman–Crippen MR) is 114 cm³/mol. The maximum atomic E-state index is 12.3. The number of nitrogens with one attached hydrogen (secondary N) is 2. The van der Waals surface area contributed by atoms with E-state index < -0.39 is 0 Å². The van der Waals surface area contributed by atoms with E-state index >= 15 is 0 Å². The highest BCUT2D eigenvalue weighted by Crippen LogP contribution is 2.25. The molecule has 0 spiro atoms. The van der Waals surface area contributed by atoms with Gasteiger partial charge in [-0.15, -0.1) is 0 Å². The summed E-state index contributed by atoms with van der Waals surface area (Å²) >= 11 is 0. The zero-order valence-corrected chi connectivity index (χ0v) is 16.3. The van der Waals surface area contributed by atoms with Crippen LogP contribution in [0.15, 0.2) is 48.5 Å². The van der Waals surface area contributed by atoms with Crippen LogP contribution >= 0.6 is 0 Å². The van der Waals surface area contributed by atoms with Crippen molar-refractivity contribution in [2.75, 3.05) is 28.6 Å². The highest BCUT2D eigenvalue weighted by molar-refractivity contribution is 6.01. The minimum absolute atomic E-state index is 0.256. The van der Waals surface area contributed by atoms with Gasteiger partial charge in [-0.1, -0.05) is 18.2 Å². The summed E-state index contributed by atoms with van der Waals surface area (Å²) in [4.78, 5) is 19.3. The molecule has 5 nitrogen and oxygen atoms in total. The van der Waals surface area contributed by atoms with Gasteiger partial charge in [-0.05, 0) is 69.2 Å². The van der Waals surface area contributed by atoms with Crippen LogP contribution in [0.3, 0.4) is 0 Å². The number of carbonyl (C=O) groups is 1. The Kier molecular flexibility index (Phi) is 5.60. The molecule has 0 bridgehead atoms. The highest BCUT2D eigenvalue weighted by Gasteiger charge is 2.10. The Balaban J connectivity index is 1.82. The van der Waals surface area contributed by atoms with Crippen LogP contribution in [-0.2, 0) is 0 Å². The van der Waals surface area contributed by atoms with Gasteiger partial charge in [0.25, 0.3) is 0 Å². The second-order valence-corrected chi connectivity index (χ2v) is 6.60. The molecule has 1 heterocycles. The normalized spacial score (nSPS) is 10.7. The van der Waals surface area contributed by atoms with E-state index in [9.17, 15) is 4.79 Å². The Morgan fingerprint density at radius 1 is 0.963 bits per heavy atom. The molecule has 2 N–H and O–H groups in total. The van der Waals surface area contributed by atoms with Crippen molar-refractivity contribution in [3.63, 3.8) is 0 Å². The quantitative estimate of drug-likeness (QED) is 0.644. The molecule has 0 aliphatic rings. The fraction of sp³-hybridized carbons (Fsp3) is 0.273. The second-order valence-electron chi connectivity index (χ2n) is 6.60. The van der Waals surface area contributed by atoms with Crippen molar-refractivity contribution in [1.29, 1.82) is 0 Å². The third-order valence-corrected chi connectivity index (χ3v) is 4.74. The van der Waals surface area contributed by atoms with Gasteiger partial charge >= 0.3 is 6.03 Å². The first kappa shape index (κ1) is 18.7. The van der Waals surface area contributed by atoms with Crippen LogP contribution < -0.4 is 15.5 Å². The summed E-state index contributed by atoms with van der Waals surface area (Å²) in [6.07, 6.45) is 0. The number of pyridine rings is 1. The van der Waals surface area contributed by atoms with E-state index in [-0.39, 0.29) is 6.03 Å². The molecule has 2 aromatic carbocycles. The summed E-state index contributed by atoms with van der Waals surface area (Å²) in [7, 11) is 0. The average Bonchev–Trinajstić information content (AvgIpc) is 2.65. The summed E-state index contributed by atoms with van der Waals surface area (Å²) in [6, 6.07) is 15.4. The zero-order chi connectivity index (χ0) is 19.4. The Hall–Kier alpha value is -3.08. The van der Waals surface area contributed by atoms with Gasteiger partial charge < -0.3 is 15.5 Å². The van der Waals surface area contributed by atoms with E-state index in [1.807, 2.05) is 49.4 Å². The van der Waals surface area contributed by atoms with Crippen molar-refractivity contribution in [3.05, 3.63) is 59.7 Å². The standard InChI is InChI=1S/C22H26N4O/c1-5-26(6-2)21-13-16(4)18-14-17(11-12-20(18)24-21)23-22(27)25-19-10-8-7-9-15(19)3/h7-14H,5-6H2,1-4H3,(H2,23,25,27). The van der Waals surface area contributed by atoms with Gasteiger partial charge in [0.15, 0.2) is 0 Å². The molecule has 0 unspecified atom stereocenters. The van der Waals surface area contributed by atoms with Gasteiger partial charge in [-0.25, -0.2) is 9.78 Å². The molecule has 2 amide bonds. The van der Waals surface area contributed by atoms with Gasteiger partial charge in [0.2, 0.25) is 0 Å². The number of carbonyl (C=O) groups excluding carboxylic acids is 1. The summed E-state index contributed by atoms with van der Waals surface area (Å²) in [5.41, 5.74) is 4.65. The first-order chi connectivity index (χ1) is 13.0. The lowest BCUT2D eigenvalue weighted by Crippen LogP contribution is -2.23. The Morgan fingerprint density at radius 3 is 2.41 bits per heavy atom. The molecule has 0 fully saturated rings. The Labute approximate surface area is 160 Å². The van der Waals surface area contributed by atoms with Crippen LogP contribution in [0.2, 0.25) is 0 Å². The van der Waals surface area contributed by atoms with E-state index in [4.69, 9.17) is 4.98 Å². The molecule has 0 saturated heterocycles. The molecule has 0 saturated carbocycles. The van der Waals surface area contributed by atoms with Crippen LogP contribution in [0, 0.1) is 13.8 Å². The highest BCUT2D eigenvalue weighted by atomic mass is 16.2. The van der Waals surface area contributed by atoms with Crippen molar-refractivity contribution in [2.24, 2.45) is 0 Å². The van der Waals surface area contributed by atoms with Crippen molar-refractivity contribution in [2.45, 2.75) is 27.7 Å². The van der Waals surface area contributed by atoms with Crippen molar-refractivity contribution >= 4 is 34.1 Å². The molecule has 0 atom stereocenters. The maximum Gasteiger partial charge on any atom is 0.323 e. The number of nitrogens with zero attached hydrogens (tertiary/aromatic N) is 2. The Bertz CT molecular complexity index is 964. The molecule has 0 radical (unpaired) electrons. The molecule has 0 aliphatic heterocycles. The van der Waals surface area contributed by atoms with Crippen LogP contribution in [0.1, 0.15) is 25.0 Å². The monoisotopic (exact) mass is 362 g/mol. The van der Waals surface area contributed by atoms with E-state index in [2.05, 4.69) is 42.4 Å². The maximum absolute atomic E-state index is 12.3. The van der Waals surface area contributed by atoms with Crippen LogP contribution in [-0.4, -0.2) is 24.1 Å². The third-order valence-electron chi connectivity index (χ3n) is 4.74. The number of aryl methyl sites for hydroxylation is 2. The minimum Gasteiger partial charge on any atom is -0.357 e. The molecule has 5 heteroatoms. The summed E-state index contributed by atoms with van der Waals surface area (Å²) in [6.45, 7) is 10.2. The minimum atomic E-state index is -0.256. The van der Waals surface area contributed by atoms with E-state index in [0.29, 0.717) is 0 Å². The van der Waals surface area contributed by atoms with Gasteiger partial charge in [0, 0.05) is 29.9 Å². The van der Waals surface area contributed by atoms with E-state index in [0.717, 1.165) is 52.3 Å². The number of aromatic nitrogens is 1. The number of fused-ring (bicyclic) bond motifs is 1. The van der Waals surface area contributed by atoms with Crippen LogP contribution in [0.4, 0.5) is 22.0 Å². The molecule has 3 aromatic rings. The van der Waals surface area contributed by atoms with Crippen LogP contribution in [0.5, 0.6) is 0 Å². The summed E-state index contributed by atoms with van der Waals surface area (Å²) in [5, 5.41) is 6.84. The lowest BCUT2D eigenvalue weighted by molar-refractivity contribution is 0.262. The second kappa shape index (κ2) is 8.08. The van der Waals surface area contributed by atoms with Gasteiger partial charge in [0.1, 0.15) is 5.82 Å². The number of hydrogen-bond donors (Lipinski definition) is 2. The lowest BCUT2D eigenvalue weighted by Gasteiger charge is -2.21. The molecule has 27 heavy (non-hydrogen) atoms. The zero-order valence-electron chi connectivity index (χ0n) is 16.3. The van der Waals surface area contributed by atoms with Crippen molar-refractivity contribution in [1.82, 2.24) is 4.98 Å². The van der Waals surface area contributed by atoms with Crippen molar-refractivity contribution < 1.29 is 4.79 Å². The number of anilines is 3. The summed E-state index contributed by atoms with van der Waals surface area (Å²) in [5.74, 6) is 0.989. The fourth-order valence-corrected chi connectivity index (χ4v) is 3.16. The number of para-hydroxylation sites is 1. The number of hydrogen-bond acceptors (Lipinski definition) is 3. The number of amides is 2. The Morgan fingerprint density at radius 2 is 1.70 bits per heavy atom. The molecular weight excluding hydrogens is 336 g/mol. The smallest absolute Gasteiger partial charge is 0.323 e. The number of rotatable bonds is 5.